The van der Waals surface area contributed by atoms with Crippen molar-refractivity contribution in [1.82, 2.24) is 0 Å². The number of rotatable bonds is 6. The minimum absolute atomic E-state index is 0.153. The average molecular weight is 349 g/mol. The fourth-order valence-corrected chi connectivity index (χ4v) is 3.26. The van der Waals surface area contributed by atoms with E-state index in [1.54, 1.807) is 31.2 Å². The van der Waals surface area contributed by atoms with Gasteiger partial charge in [-0.1, -0.05) is 0 Å². The lowest BCUT2D eigenvalue weighted by Gasteiger charge is -2.20. The highest BCUT2D eigenvalue weighted by molar-refractivity contribution is 7.92. The molecule has 2 rings (SSSR count). The van der Waals surface area contributed by atoms with Crippen LogP contribution in [0.1, 0.15) is 17.3 Å². The summed E-state index contributed by atoms with van der Waals surface area (Å²) in [4.78, 5) is 11.8. The van der Waals surface area contributed by atoms with Crippen molar-refractivity contribution in [3.8, 4) is 5.75 Å². The fourth-order valence-electron chi connectivity index (χ4n) is 2.07. The largest absolute Gasteiger partial charge is 0.497 e. The highest BCUT2D eigenvalue weighted by Crippen LogP contribution is 2.24. The number of carbonyl (C=O) groups excluding carboxylic acids is 1. The van der Waals surface area contributed by atoms with Crippen LogP contribution < -0.4 is 9.04 Å². The van der Waals surface area contributed by atoms with Gasteiger partial charge < -0.3 is 9.47 Å². The minimum atomic E-state index is -3.70. The van der Waals surface area contributed by atoms with Crippen molar-refractivity contribution >= 4 is 21.7 Å². The molecule has 0 aliphatic heterocycles. The Balaban J connectivity index is 2.25. The van der Waals surface area contributed by atoms with E-state index in [1.165, 1.54) is 38.4 Å². The molecule has 7 heteroatoms. The summed E-state index contributed by atoms with van der Waals surface area (Å²) in [5, 5.41) is 0. The van der Waals surface area contributed by atoms with Crippen LogP contribution in [0.4, 0.5) is 5.69 Å². The highest BCUT2D eigenvalue weighted by Gasteiger charge is 2.21. The molecule has 128 valence electrons. The molecule has 0 atom stereocenters. The number of sulfonamides is 1. The number of methoxy groups -OCH3 is 1. The van der Waals surface area contributed by atoms with Gasteiger partial charge in [0.1, 0.15) is 5.75 Å². The monoisotopic (exact) mass is 349 g/mol. The number of esters is 1. The van der Waals surface area contributed by atoms with Crippen LogP contribution in [0.2, 0.25) is 0 Å². The second-order valence-electron chi connectivity index (χ2n) is 4.92. The van der Waals surface area contributed by atoms with E-state index in [2.05, 4.69) is 0 Å². The molecule has 6 nitrogen and oxygen atoms in total. The molecule has 0 radical (unpaired) electrons. The third-order valence-corrected chi connectivity index (χ3v) is 5.26. The normalized spacial score (nSPS) is 11.0. The van der Waals surface area contributed by atoms with Crippen LogP contribution in [-0.4, -0.2) is 35.2 Å². The first-order valence-corrected chi connectivity index (χ1v) is 8.74. The molecule has 0 saturated carbocycles. The minimum Gasteiger partial charge on any atom is -0.497 e. The molecule has 0 aliphatic carbocycles. The third-order valence-electron chi connectivity index (χ3n) is 3.46. The van der Waals surface area contributed by atoms with Gasteiger partial charge in [0.15, 0.2) is 0 Å². The quantitative estimate of drug-likeness (QED) is 0.750. The Labute approximate surface area is 141 Å². The standard InChI is InChI=1S/C17H19NO5S/c1-4-23-17(19)13-5-7-14(8-6-13)18(2)24(20,21)16-11-9-15(22-3)10-12-16/h5-12H,4H2,1-3H3. The summed E-state index contributed by atoms with van der Waals surface area (Å²) < 4.78 is 36.4. The number of ether oxygens (including phenoxy) is 2. The summed E-state index contributed by atoms with van der Waals surface area (Å²) in [6.45, 7) is 2.01. The van der Waals surface area contributed by atoms with Gasteiger partial charge in [-0.3, -0.25) is 4.31 Å². The van der Waals surface area contributed by atoms with Crippen LogP contribution in [-0.2, 0) is 14.8 Å². The molecule has 0 unspecified atom stereocenters. The highest BCUT2D eigenvalue weighted by atomic mass is 32.2. The van der Waals surface area contributed by atoms with Crippen molar-refractivity contribution < 1.29 is 22.7 Å². The van der Waals surface area contributed by atoms with Crippen LogP contribution in [0, 0.1) is 0 Å². The number of carbonyl (C=O) groups is 1. The smallest absolute Gasteiger partial charge is 0.338 e. The Hall–Kier alpha value is -2.54. The summed E-state index contributed by atoms with van der Waals surface area (Å²) >= 11 is 0. The Kier molecular flexibility index (Phi) is 5.46. The van der Waals surface area contributed by atoms with Crippen molar-refractivity contribution in [3.63, 3.8) is 0 Å². The molecular formula is C17H19NO5S. The molecule has 0 bridgehead atoms. The van der Waals surface area contributed by atoms with Gasteiger partial charge in [0.05, 0.1) is 29.9 Å². The molecule has 0 aliphatic rings. The second-order valence-corrected chi connectivity index (χ2v) is 6.88. The van der Waals surface area contributed by atoms with Gasteiger partial charge in [0.2, 0.25) is 0 Å². The first-order chi connectivity index (χ1) is 11.4. The van der Waals surface area contributed by atoms with E-state index < -0.39 is 16.0 Å². The number of nitrogens with zero attached hydrogens (tertiary/aromatic N) is 1. The van der Waals surface area contributed by atoms with E-state index in [0.29, 0.717) is 17.0 Å². The third kappa shape index (κ3) is 3.68. The van der Waals surface area contributed by atoms with Crippen LogP contribution in [0.5, 0.6) is 5.75 Å². The van der Waals surface area contributed by atoms with E-state index in [1.807, 2.05) is 0 Å². The van der Waals surface area contributed by atoms with E-state index in [-0.39, 0.29) is 11.5 Å². The molecule has 0 spiro atoms. The van der Waals surface area contributed by atoms with Crippen molar-refractivity contribution in [3.05, 3.63) is 54.1 Å². The van der Waals surface area contributed by atoms with Crippen molar-refractivity contribution in [2.24, 2.45) is 0 Å². The Morgan fingerprint density at radius 2 is 1.62 bits per heavy atom. The van der Waals surface area contributed by atoms with E-state index in [9.17, 15) is 13.2 Å². The van der Waals surface area contributed by atoms with Gasteiger partial charge in [-0.05, 0) is 55.5 Å². The van der Waals surface area contributed by atoms with Gasteiger partial charge >= 0.3 is 5.97 Å². The van der Waals surface area contributed by atoms with Crippen LogP contribution in [0.25, 0.3) is 0 Å². The van der Waals surface area contributed by atoms with Crippen LogP contribution in [0.15, 0.2) is 53.4 Å². The lowest BCUT2D eigenvalue weighted by molar-refractivity contribution is 0.0526. The molecule has 0 N–H and O–H groups in total. The predicted molar refractivity (Wildman–Crippen MR) is 91.0 cm³/mol. The predicted octanol–water partition coefficient (Wildman–Crippen LogP) is 2.70. The van der Waals surface area contributed by atoms with Crippen molar-refractivity contribution in [1.29, 1.82) is 0 Å². The number of hydrogen-bond donors (Lipinski definition) is 0. The first kappa shape index (κ1) is 17.8. The number of hydrogen-bond acceptors (Lipinski definition) is 5. The first-order valence-electron chi connectivity index (χ1n) is 7.30. The van der Waals surface area contributed by atoms with Crippen molar-refractivity contribution in [2.45, 2.75) is 11.8 Å². The van der Waals surface area contributed by atoms with Gasteiger partial charge in [-0.25, -0.2) is 13.2 Å². The molecule has 2 aromatic carbocycles. The maximum Gasteiger partial charge on any atom is 0.338 e. The summed E-state index contributed by atoms with van der Waals surface area (Å²) in [6.07, 6.45) is 0. The van der Waals surface area contributed by atoms with Gasteiger partial charge in [-0.15, -0.1) is 0 Å². The number of benzene rings is 2. The molecule has 0 aromatic heterocycles. The zero-order valence-electron chi connectivity index (χ0n) is 13.7. The topological polar surface area (TPSA) is 72.9 Å². The molecule has 24 heavy (non-hydrogen) atoms. The van der Waals surface area contributed by atoms with E-state index >= 15 is 0 Å². The van der Waals surface area contributed by atoms with E-state index in [0.717, 1.165) is 4.31 Å². The maximum absolute atomic E-state index is 12.6. The Morgan fingerprint density at radius 3 is 2.12 bits per heavy atom. The zero-order valence-corrected chi connectivity index (χ0v) is 14.5. The summed E-state index contributed by atoms with van der Waals surface area (Å²) in [5.41, 5.74) is 0.815. The molecule has 0 amide bonds. The van der Waals surface area contributed by atoms with Crippen molar-refractivity contribution in [2.75, 3.05) is 25.1 Å². The van der Waals surface area contributed by atoms with E-state index in [4.69, 9.17) is 9.47 Å². The lowest BCUT2D eigenvalue weighted by Crippen LogP contribution is -2.26. The van der Waals surface area contributed by atoms with Crippen LogP contribution in [0.3, 0.4) is 0 Å². The molecule has 0 heterocycles. The Bertz CT molecular complexity index is 798. The van der Waals surface area contributed by atoms with Gasteiger partial charge in [0, 0.05) is 7.05 Å². The number of anilines is 1. The van der Waals surface area contributed by atoms with Gasteiger partial charge in [0.25, 0.3) is 10.0 Å². The molecular weight excluding hydrogens is 330 g/mol. The molecule has 2 aromatic rings. The zero-order chi connectivity index (χ0) is 17.7. The maximum atomic E-state index is 12.6. The average Bonchev–Trinajstić information content (AvgIpc) is 2.61. The summed E-state index contributed by atoms with van der Waals surface area (Å²) in [7, 11) is -0.727. The SMILES string of the molecule is CCOC(=O)c1ccc(N(C)S(=O)(=O)c2ccc(OC)cc2)cc1. The summed E-state index contributed by atoms with van der Waals surface area (Å²) in [5.74, 6) is 0.139. The Morgan fingerprint density at radius 1 is 1.04 bits per heavy atom. The second kappa shape index (κ2) is 7.35. The van der Waals surface area contributed by atoms with Gasteiger partial charge in [-0.2, -0.15) is 0 Å². The summed E-state index contributed by atoms with van der Waals surface area (Å²) in [6, 6.07) is 12.3. The molecule has 0 fully saturated rings. The lowest BCUT2D eigenvalue weighted by atomic mass is 10.2. The molecule has 0 saturated heterocycles. The van der Waals surface area contributed by atoms with Crippen LogP contribution >= 0.6 is 0 Å². The fraction of sp³-hybridized carbons (Fsp3) is 0.235.